The number of amides is 1. The van der Waals surface area contributed by atoms with Gasteiger partial charge in [-0.3, -0.25) is 4.79 Å². The SMILES string of the molecule is Cc1ccc(CSCc2nnc(SCC(=O)Nc3c(Cl)cc(Cl)cc3Cl)n2C)cc1. The highest BCUT2D eigenvalue weighted by Gasteiger charge is 2.14. The summed E-state index contributed by atoms with van der Waals surface area (Å²) in [6.07, 6.45) is 0. The van der Waals surface area contributed by atoms with Gasteiger partial charge in [0.05, 0.1) is 27.2 Å². The minimum Gasteiger partial charge on any atom is -0.323 e. The van der Waals surface area contributed by atoms with Crippen LogP contribution in [-0.2, 0) is 23.3 Å². The van der Waals surface area contributed by atoms with Crippen LogP contribution in [0, 0.1) is 6.92 Å². The van der Waals surface area contributed by atoms with E-state index in [2.05, 4.69) is 46.7 Å². The van der Waals surface area contributed by atoms with Crippen LogP contribution in [0.4, 0.5) is 5.69 Å². The standard InChI is InChI=1S/C20H19Cl3N4OS2/c1-12-3-5-13(6-4-12)9-29-10-17-25-26-20(27(17)2)30-11-18(28)24-19-15(22)7-14(21)8-16(19)23/h3-8H,9-11H2,1-2H3,(H,24,28). The molecule has 0 aliphatic carbocycles. The summed E-state index contributed by atoms with van der Waals surface area (Å²) in [5.74, 6) is 2.40. The molecule has 0 saturated heterocycles. The Bertz CT molecular complexity index is 1020. The van der Waals surface area contributed by atoms with Gasteiger partial charge in [0.2, 0.25) is 5.91 Å². The molecule has 10 heteroatoms. The van der Waals surface area contributed by atoms with E-state index in [1.165, 1.54) is 35.0 Å². The van der Waals surface area contributed by atoms with Crippen LogP contribution >= 0.6 is 58.3 Å². The molecule has 0 unspecified atom stereocenters. The van der Waals surface area contributed by atoms with Crippen molar-refractivity contribution in [3.05, 3.63) is 68.4 Å². The third-order valence-corrected chi connectivity index (χ3v) is 6.98. The predicted molar refractivity (Wildman–Crippen MR) is 128 cm³/mol. The number of aromatic nitrogens is 3. The Morgan fingerprint density at radius 3 is 2.40 bits per heavy atom. The van der Waals surface area contributed by atoms with Gasteiger partial charge < -0.3 is 9.88 Å². The Labute approximate surface area is 198 Å². The van der Waals surface area contributed by atoms with Gasteiger partial charge in [0.25, 0.3) is 0 Å². The number of nitrogens with one attached hydrogen (secondary N) is 1. The van der Waals surface area contributed by atoms with Gasteiger partial charge in [-0.25, -0.2) is 0 Å². The largest absolute Gasteiger partial charge is 0.323 e. The predicted octanol–water partition coefficient (Wildman–Crippen LogP) is 6.25. The highest BCUT2D eigenvalue weighted by atomic mass is 35.5. The zero-order chi connectivity index (χ0) is 21.7. The molecule has 30 heavy (non-hydrogen) atoms. The molecule has 0 radical (unpaired) electrons. The van der Waals surface area contributed by atoms with Crippen LogP contribution in [0.2, 0.25) is 15.1 Å². The zero-order valence-corrected chi connectivity index (χ0v) is 20.2. The molecule has 0 fully saturated rings. The van der Waals surface area contributed by atoms with E-state index in [4.69, 9.17) is 34.8 Å². The van der Waals surface area contributed by atoms with Crippen molar-refractivity contribution in [1.29, 1.82) is 0 Å². The lowest BCUT2D eigenvalue weighted by molar-refractivity contribution is -0.113. The monoisotopic (exact) mass is 500 g/mol. The first-order valence-electron chi connectivity index (χ1n) is 8.92. The summed E-state index contributed by atoms with van der Waals surface area (Å²) < 4.78 is 1.91. The molecule has 3 rings (SSSR count). The number of rotatable bonds is 8. The fourth-order valence-corrected chi connectivity index (χ4v) is 5.11. The van der Waals surface area contributed by atoms with Crippen LogP contribution in [0.25, 0.3) is 0 Å². The Balaban J connectivity index is 1.51. The Hall–Kier alpha value is -1.38. The Morgan fingerprint density at radius 2 is 1.73 bits per heavy atom. The number of nitrogens with zero attached hydrogens (tertiary/aromatic N) is 3. The third kappa shape index (κ3) is 6.31. The number of thioether (sulfide) groups is 2. The van der Waals surface area contributed by atoms with Gasteiger partial charge in [-0.15, -0.1) is 22.0 Å². The van der Waals surface area contributed by atoms with Crippen molar-refractivity contribution in [3.63, 3.8) is 0 Å². The van der Waals surface area contributed by atoms with E-state index in [-0.39, 0.29) is 21.7 Å². The summed E-state index contributed by atoms with van der Waals surface area (Å²) in [7, 11) is 1.90. The van der Waals surface area contributed by atoms with E-state index < -0.39 is 0 Å². The summed E-state index contributed by atoms with van der Waals surface area (Å²) in [6.45, 7) is 2.08. The number of benzene rings is 2. The summed E-state index contributed by atoms with van der Waals surface area (Å²) in [5, 5.41) is 12.8. The molecule has 1 N–H and O–H groups in total. The average molecular weight is 502 g/mol. The van der Waals surface area contributed by atoms with Crippen molar-refractivity contribution in [3.8, 4) is 0 Å². The maximum Gasteiger partial charge on any atom is 0.234 e. The van der Waals surface area contributed by atoms with E-state index in [0.29, 0.717) is 15.9 Å². The van der Waals surface area contributed by atoms with E-state index in [9.17, 15) is 4.79 Å². The second-order valence-electron chi connectivity index (χ2n) is 6.52. The molecule has 2 aromatic carbocycles. The number of halogens is 3. The lowest BCUT2D eigenvalue weighted by atomic mass is 10.2. The van der Waals surface area contributed by atoms with Crippen LogP contribution in [0.5, 0.6) is 0 Å². The molecule has 0 aliphatic heterocycles. The van der Waals surface area contributed by atoms with Crippen molar-refractivity contribution in [2.45, 2.75) is 23.6 Å². The van der Waals surface area contributed by atoms with Crippen molar-refractivity contribution in [2.24, 2.45) is 7.05 Å². The highest BCUT2D eigenvalue weighted by Crippen LogP contribution is 2.33. The summed E-state index contributed by atoms with van der Waals surface area (Å²) in [5.41, 5.74) is 2.88. The van der Waals surface area contributed by atoms with Gasteiger partial charge in [-0.2, -0.15) is 0 Å². The normalized spacial score (nSPS) is 11.0. The first-order chi connectivity index (χ1) is 14.3. The van der Waals surface area contributed by atoms with Crippen LogP contribution in [0.1, 0.15) is 17.0 Å². The molecule has 0 aliphatic rings. The first kappa shape index (κ1) is 23.3. The minimum absolute atomic E-state index is 0.151. The number of hydrogen-bond acceptors (Lipinski definition) is 5. The molecular formula is C20H19Cl3N4OS2. The van der Waals surface area contributed by atoms with E-state index in [1.807, 2.05) is 11.6 Å². The van der Waals surface area contributed by atoms with Gasteiger partial charge in [0.15, 0.2) is 5.16 Å². The molecule has 1 aromatic heterocycles. The number of aryl methyl sites for hydroxylation is 1. The molecule has 0 atom stereocenters. The van der Waals surface area contributed by atoms with E-state index in [0.717, 1.165) is 17.3 Å². The number of hydrogen-bond donors (Lipinski definition) is 1. The van der Waals surface area contributed by atoms with E-state index in [1.54, 1.807) is 11.8 Å². The van der Waals surface area contributed by atoms with Gasteiger partial charge in [-0.05, 0) is 24.6 Å². The highest BCUT2D eigenvalue weighted by molar-refractivity contribution is 7.99. The van der Waals surface area contributed by atoms with Crippen molar-refractivity contribution in [2.75, 3.05) is 11.1 Å². The van der Waals surface area contributed by atoms with Crippen molar-refractivity contribution < 1.29 is 4.79 Å². The van der Waals surface area contributed by atoms with Crippen LogP contribution in [-0.4, -0.2) is 26.4 Å². The molecule has 0 spiro atoms. The quantitative estimate of drug-likeness (QED) is 0.370. The Morgan fingerprint density at radius 1 is 1.07 bits per heavy atom. The van der Waals surface area contributed by atoms with Gasteiger partial charge >= 0.3 is 0 Å². The maximum atomic E-state index is 12.3. The molecule has 3 aromatic rings. The smallest absolute Gasteiger partial charge is 0.234 e. The van der Waals surface area contributed by atoms with Crippen LogP contribution in [0.3, 0.4) is 0 Å². The molecule has 5 nitrogen and oxygen atoms in total. The van der Waals surface area contributed by atoms with Gasteiger partial charge in [-0.1, -0.05) is 76.4 Å². The fourth-order valence-electron chi connectivity index (χ4n) is 2.51. The van der Waals surface area contributed by atoms with Gasteiger partial charge in [0, 0.05) is 17.8 Å². The average Bonchev–Trinajstić information content (AvgIpc) is 3.04. The van der Waals surface area contributed by atoms with E-state index >= 15 is 0 Å². The second-order valence-corrected chi connectivity index (χ2v) is 9.70. The zero-order valence-electron chi connectivity index (χ0n) is 16.3. The lowest BCUT2D eigenvalue weighted by Crippen LogP contribution is -2.15. The number of anilines is 1. The minimum atomic E-state index is -0.246. The second kappa shape index (κ2) is 10.8. The molecular weight excluding hydrogens is 483 g/mol. The first-order valence-corrected chi connectivity index (χ1v) is 12.2. The summed E-state index contributed by atoms with van der Waals surface area (Å²) >= 11 is 21.2. The molecule has 1 heterocycles. The Kier molecular flexibility index (Phi) is 8.36. The molecule has 0 saturated carbocycles. The fraction of sp³-hybridized carbons (Fsp3) is 0.250. The molecule has 1 amide bonds. The summed E-state index contributed by atoms with van der Waals surface area (Å²) in [4.78, 5) is 12.3. The summed E-state index contributed by atoms with van der Waals surface area (Å²) in [6, 6.07) is 11.6. The van der Waals surface area contributed by atoms with Gasteiger partial charge in [0.1, 0.15) is 5.82 Å². The van der Waals surface area contributed by atoms with Crippen molar-refractivity contribution in [1.82, 2.24) is 14.8 Å². The number of carbonyl (C=O) groups excluding carboxylic acids is 1. The maximum absolute atomic E-state index is 12.3. The van der Waals surface area contributed by atoms with Crippen molar-refractivity contribution >= 4 is 69.9 Å². The third-order valence-electron chi connectivity index (χ3n) is 4.15. The molecule has 158 valence electrons. The molecule has 0 bridgehead atoms. The number of carbonyl (C=O) groups is 1. The van der Waals surface area contributed by atoms with Crippen LogP contribution in [0.15, 0.2) is 41.6 Å². The van der Waals surface area contributed by atoms with Crippen LogP contribution < -0.4 is 5.32 Å². The lowest BCUT2D eigenvalue weighted by Gasteiger charge is -2.09. The topological polar surface area (TPSA) is 59.8 Å².